The van der Waals surface area contributed by atoms with Crippen LogP contribution in [0.15, 0.2) is 47.4 Å². The van der Waals surface area contributed by atoms with E-state index in [1.807, 2.05) is 39.0 Å². The molecule has 29 heavy (non-hydrogen) atoms. The van der Waals surface area contributed by atoms with Crippen molar-refractivity contribution in [1.82, 2.24) is 0 Å². The van der Waals surface area contributed by atoms with Crippen molar-refractivity contribution < 1.29 is 19.5 Å². The van der Waals surface area contributed by atoms with Crippen LogP contribution in [-0.2, 0) is 9.59 Å². The number of benzene rings is 2. The van der Waals surface area contributed by atoms with Crippen molar-refractivity contribution in [3.63, 3.8) is 0 Å². The van der Waals surface area contributed by atoms with Gasteiger partial charge in [-0.3, -0.25) is 9.59 Å². The summed E-state index contributed by atoms with van der Waals surface area (Å²) < 4.78 is 0. The number of carboxylic acid groups (broad SMARTS) is 1. The van der Waals surface area contributed by atoms with Gasteiger partial charge >= 0.3 is 5.97 Å². The van der Waals surface area contributed by atoms with E-state index >= 15 is 0 Å². The Morgan fingerprint density at radius 3 is 2.31 bits per heavy atom. The largest absolute Gasteiger partial charge is 0.478 e. The molecule has 0 aliphatic carbocycles. The van der Waals surface area contributed by atoms with Crippen molar-refractivity contribution >= 4 is 52.5 Å². The molecule has 2 aromatic rings. The normalized spacial score (nSPS) is 11.0. The fourth-order valence-electron chi connectivity index (χ4n) is 2.46. The molecule has 2 rings (SSSR count). The third-order valence-corrected chi connectivity index (χ3v) is 4.98. The van der Waals surface area contributed by atoms with Gasteiger partial charge < -0.3 is 15.7 Å². The van der Waals surface area contributed by atoms with E-state index in [1.165, 1.54) is 23.9 Å². The molecule has 8 heteroatoms. The predicted octanol–water partition coefficient (Wildman–Crippen LogP) is 5.14. The Labute approximate surface area is 179 Å². The Balaban J connectivity index is 1.93. The summed E-state index contributed by atoms with van der Waals surface area (Å²) in [5.41, 5.74) is 0.862. The van der Waals surface area contributed by atoms with Gasteiger partial charge in [-0.2, -0.15) is 0 Å². The van der Waals surface area contributed by atoms with E-state index < -0.39 is 5.97 Å². The zero-order valence-electron chi connectivity index (χ0n) is 16.4. The molecule has 0 radical (unpaired) electrons. The minimum absolute atomic E-state index is 0.0608. The van der Waals surface area contributed by atoms with Crippen LogP contribution < -0.4 is 10.6 Å². The lowest BCUT2D eigenvalue weighted by Crippen LogP contribution is -2.19. The minimum atomic E-state index is -1.16. The third-order valence-electron chi connectivity index (χ3n) is 3.66. The number of nitrogens with one attached hydrogen (secondary N) is 2. The average molecular weight is 435 g/mol. The zero-order chi connectivity index (χ0) is 21.6. The first kappa shape index (κ1) is 22.8. The highest BCUT2D eigenvalue weighted by Crippen LogP contribution is 2.25. The molecule has 154 valence electrons. The molecule has 0 aromatic heterocycles. The van der Waals surface area contributed by atoms with Crippen molar-refractivity contribution in [3.8, 4) is 0 Å². The molecule has 0 aliphatic rings. The lowest BCUT2D eigenvalue weighted by Gasteiger charge is -2.17. The van der Waals surface area contributed by atoms with E-state index in [1.54, 1.807) is 12.1 Å². The van der Waals surface area contributed by atoms with Crippen LogP contribution in [0.1, 0.15) is 37.6 Å². The highest BCUT2D eigenvalue weighted by Gasteiger charge is 2.16. The van der Waals surface area contributed by atoms with E-state index in [9.17, 15) is 14.4 Å². The van der Waals surface area contributed by atoms with Gasteiger partial charge in [-0.1, -0.05) is 38.4 Å². The first-order valence-corrected chi connectivity index (χ1v) is 10.3. The molecule has 2 amide bonds. The average Bonchev–Trinajstić information content (AvgIpc) is 2.60. The van der Waals surface area contributed by atoms with Gasteiger partial charge in [0.15, 0.2) is 0 Å². The third kappa shape index (κ3) is 7.79. The Morgan fingerprint density at radius 2 is 1.66 bits per heavy atom. The van der Waals surface area contributed by atoms with E-state index in [2.05, 4.69) is 10.6 Å². The van der Waals surface area contributed by atoms with Crippen LogP contribution in [-0.4, -0.2) is 28.6 Å². The maximum atomic E-state index is 12.2. The van der Waals surface area contributed by atoms with Crippen LogP contribution >= 0.6 is 23.4 Å². The molecule has 0 heterocycles. The Bertz CT molecular complexity index is 925. The highest BCUT2D eigenvalue weighted by molar-refractivity contribution is 8.00. The molecule has 0 bridgehead atoms. The number of halogens is 1. The van der Waals surface area contributed by atoms with Crippen molar-refractivity contribution in [3.05, 3.63) is 53.1 Å². The number of carboxylic acids is 1. The summed E-state index contributed by atoms with van der Waals surface area (Å²) in [6, 6.07) is 11.6. The van der Waals surface area contributed by atoms with Crippen molar-refractivity contribution in [2.24, 2.45) is 5.41 Å². The molecule has 0 spiro atoms. The van der Waals surface area contributed by atoms with Crippen LogP contribution in [0.3, 0.4) is 0 Å². The number of carbonyl (C=O) groups excluding carboxylic acids is 2. The molecule has 2 aromatic carbocycles. The Hall–Kier alpha value is -2.51. The first-order valence-electron chi connectivity index (χ1n) is 8.89. The summed E-state index contributed by atoms with van der Waals surface area (Å²) in [4.78, 5) is 36.2. The summed E-state index contributed by atoms with van der Waals surface area (Å²) in [7, 11) is 0. The number of rotatable bonds is 7. The number of thioether (sulfide) groups is 1. The smallest absolute Gasteiger partial charge is 0.337 e. The van der Waals surface area contributed by atoms with E-state index in [0.29, 0.717) is 17.8 Å². The fourth-order valence-corrected chi connectivity index (χ4v) is 3.42. The second-order valence-corrected chi connectivity index (χ2v) is 9.11. The van der Waals surface area contributed by atoms with Gasteiger partial charge in [0.2, 0.25) is 11.8 Å². The van der Waals surface area contributed by atoms with Crippen molar-refractivity contribution in [1.29, 1.82) is 0 Å². The molecule has 0 saturated carbocycles. The molecular weight excluding hydrogens is 412 g/mol. The number of aromatic carboxylic acids is 1. The molecule has 0 aliphatic heterocycles. The van der Waals surface area contributed by atoms with Crippen LogP contribution in [0.4, 0.5) is 11.4 Å². The molecular formula is C21H23ClN2O4S. The summed E-state index contributed by atoms with van der Waals surface area (Å²) in [5.74, 6) is -1.37. The molecule has 0 fully saturated rings. The number of amides is 2. The molecule has 3 N–H and O–H groups in total. The predicted molar refractivity (Wildman–Crippen MR) is 117 cm³/mol. The van der Waals surface area contributed by atoms with Gasteiger partial charge in [0.05, 0.1) is 16.3 Å². The summed E-state index contributed by atoms with van der Waals surface area (Å²) in [6.07, 6.45) is 0.409. The summed E-state index contributed by atoms with van der Waals surface area (Å²) in [6.45, 7) is 5.99. The number of hydrogen-bond acceptors (Lipinski definition) is 4. The van der Waals surface area contributed by atoms with Gasteiger partial charge in [0.1, 0.15) is 0 Å². The van der Waals surface area contributed by atoms with Crippen LogP contribution in [0, 0.1) is 5.41 Å². The number of carbonyl (C=O) groups is 3. The zero-order valence-corrected chi connectivity index (χ0v) is 18.0. The van der Waals surface area contributed by atoms with Gasteiger partial charge in [0, 0.05) is 22.7 Å². The molecule has 6 nitrogen and oxygen atoms in total. The SMILES string of the molecule is CC(C)(C)CC(=O)Nc1cccc(SCC(=O)Nc2ccc(Cl)c(C(=O)O)c2)c1. The summed E-state index contributed by atoms with van der Waals surface area (Å²) >= 11 is 7.14. The van der Waals surface area contributed by atoms with Gasteiger partial charge in [0.25, 0.3) is 0 Å². The first-order chi connectivity index (χ1) is 13.5. The van der Waals surface area contributed by atoms with Crippen LogP contribution in [0.25, 0.3) is 0 Å². The molecule has 0 saturated heterocycles. The maximum absolute atomic E-state index is 12.2. The summed E-state index contributed by atoms with van der Waals surface area (Å²) in [5, 5.41) is 14.7. The number of anilines is 2. The maximum Gasteiger partial charge on any atom is 0.337 e. The topological polar surface area (TPSA) is 95.5 Å². The highest BCUT2D eigenvalue weighted by atomic mass is 35.5. The minimum Gasteiger partial charge on any atom is -0.478 e. The Morgan fingerprint density at radius 1 is 1.00 bits per heavy atom. The van der Waals surface area contributed by atoms with Gasteiger partial charge in [-0.25, -0.2) is 4.79 Å². The second-order valence-electron chi connectivity index (χ2n) is 7.65. The van der Waals surface area contributed by atoms with Gasteiger partial charge in [-0.05, 0) is 41.8 Å². The van der Waals surface area contributed by atoms with E-state index in [-0.39, 0.29) is 33.6 Å². The van der Waals surface area contributed by atoms with Gasteiger partial charge in [-0.15, -0.1) is 11.8 Å². The standard InChI is InChI=1S/C21H23ClN2O4S/c1-21(2,3)11-18(25)23-13-5-4-6-15(9-13)29-12-19(26)24-14-7-8-17(22)16(10-14)20(27)28/h4-10H,11-12H2,1-3H3,(H,23,25)(H,24,26)(H,27,28). The molecule has 0 unspecified atom stereocenters. The van der Waals surface area contributed by atoms with Crippen molar-refractivity contribution in [2.45, 2.75) is 32.1 Å². The monoisotopic (exact) mass is 434 g/mol. The second kappa shape index (κ2) is 9.80. The quantitative estimate of drug-likeness (QED) is 0.524. The fraction of sp³-hybridized carbons (Fsp3) is 0.286. The number of hydrogen-bond donors (Lipinski definition) is 3. The van der Waals surface area contributed by atoms with Crippen molar-refractivity contribution in [2.75, 3.05) is 16.4 Å². The lowest BCUT2D eigenvalue weighted by molar-refractivity contribution is -0.118. The van der Waals surface area contributed by atoms with Crippen LogP contribution in [0.5, 0.6) is 0 Å². The molecule has 0 atom stereocenters. The van der Waals surface area contributed by atoms with E-state index in [0.717, 1.165) is 4.90 Å². The van der Waals surface area contributed by atoms with E-state index in [4.69, 9.17) is 16.7 Å². The Kier molecular flexibility index (Phi) is 7.70. The van der Waals surface area contributed by atoms with Crippen LogP contribution in [0.2, 0.25) is 5.02 Å². The lowest BCUT2D eigenvalue weighted by atomic mass is 9.92.